The van der Waals surface area contributed by atoms with Crippen molar-refractivity contribution in [1.29, 1.82) is 0 Å². The van der Waals surface area contributed by atoms with Gasteiger partial charge in [0.05, 0.1) is 30.7 Å². The number of aliphatic hydroxyl groups is 1. The van der Waals surface area contributed by atoms with Crippen molar-refractivity contribution in [2.45, 2.75) is 19.6 Å². The largest absolute Gasteiger partial charge is 0.390 e. The molecule has 0 spiro atoms. The fourth-order valence-electron chi connectivity index (χ4n) is 4.09. The minimum absolute atomic E-state index is 0.0822. The minimum Gasteiger partial charge on any atom is -0.390 e. The van der Waals surface area contributed by atoms with Gasteiger partial charge in [-0.2, -0.15) is 0 Å². The Morgan fingerprint density at radius 1 is 1.06 bits per heavy atom. The number of nitrogens with one attached hydrogen (secondary N) is 2. The van der Waals surface area contributed by atoms with Gasteiger partial charge in [-0.3, -0.25) is 14.4 Å². The second kappa shape index (κ2) is 10.8. The van der Waals surface area contributed by atoms with Gasteiger partial charge in [0, 0.05) is 45.5 Å². The van der Waals surface area contributed by atoms with Crippen molar-refractivity contribution >= 4 is 11.4 Å². The number of ether oxygens (including phenoxy) is 1. The third-order valence-corrected chi connectivity index (χ3v) is 6.06. The van der Waals surface area contributed by atoms with Gasteiger partial charge in [0.2, 0.25) is 0 Å². The minimum atomic E-state index is -0.406. The third-order valence-electron chi connectivity index (χ3n) is 6.06. The topological polar surface area (TPSA) is 83.7 Å². The Morgan fingerprint density at radius 3 is 2.45 bits per heavy atom. The van der Waals surface area contributed by atoms with Gasteiger partial charge < -0.3 is 20.5 Å². The zero-order chi connectivity index (χ0) is 23.2. The molecule has 0 bridgehead atoms. The van der Waals surface area contributed by atoms with Gasteiger partial charge in [0.1, 0.15) is 5.69 Å². The van der Waals surface area contributed by atoms with Crippen molar-refractivity contribution in [2.75, 3.05) is 44.7 Å². The van der Waals surface area contributed by atoms with E-state index in [-0.39, 0.29) is 5.56 Å². The Balaban J connectivity index is 1.33. The lowest BCUT2D eigenvalue weighted by Crippen LogP contribution is -2.43. The molecule has 2 heterocycles. The van der Waals surface area contributed by atoms with Crippen LogP contribution in [-0.2, 0) is 18.3 Å². The number of nitrogens with zero attached hydrogens (tertiary/aromatic N) is 3. The lowest BCUT2D eigenvalue weighted by atomic mass is 10.2. The van der Waals surface area contributed by atoms with Crippen LogP contribution >= 0.6 is 0 Å². The van der Waals surface area contributed by atoms with Gasteiger partial charge in [-0.15, -0.1) is 0 Å². The Morgan fingerprint density at radius 2 is 1.76 bits per heavy atom. The molecule has 1 atom stereocenters. The van der Waals surface area contributed by atoms with E-state index in [1.807, 2.05) is 73.3 Å². The second-order valence-corrected chi connectivity index (χ2v) is 8.46. The first kappa shape index (κ1) is 23.3. The second-order valence-electron chi connectivity index (χ2n) is 8.46. The number of para-hydroxylation sites is 1. The maximum absolute atomic E-state index is 13.1. The highest BCUT2D eigenvalue weighted by Gasteiger charge is 2.16. The Hall–Kier alpha value is -2.91. The summed E-state index contributed by atoms with van der Waals surface area (Å²) in [6, 6.07) is 17.6. The molecule has 0 radical (unpaired) electrons. The first-order valence-corrected chi connectivity index (χ1v) is 11.4. The smallest absolute Gasteiger partial charge is 0.295 e. The van der Waals surface area contributed by atoms with Gasteiger partial charge in [-0.1, -0.05) is 30.3 Å². The summed E-state index contributed by atoms with van der Waals surface area (Å²) < 4.78 is 8.87. The Kier molecular flexibility index (Phi) is 7.61. The number of aromatic nitrogens is 2. The number of hydrogen-bond acceptors (Lipinski definition) is 6. The molecule has 3 N–H and O–H groups in total. The molecule has 1 aliphatic heterocycles. The van der Waals surface area contributed by atoms with Gasteiger partial charge in [-0.25, -0.2) is 4.68 Å². The van der Waals surface area contributed by atoms with E-state index in [2.05, 4.69) is 15.5 Å². The van der Waals surface area contributed by atoms with Gasteiger partial charge >= 0.3 is 0 Å². The van der Waals surface area contributed by atoms with Crippen molar-refractivity contribution in [3.8, 4) is 5.69 Å². The fraction of sp³-hybridized carbons (Fsp3) is 0.400. The van der Waals surface area contributed by atoms with E-state index in [9.17, 15) is 9.90 Å². The molecular formula is C25H33N5O3. The number of benzene rings is 2. The first-order valence-electron chi connectivity index (χ1n) is 11.4. The Bertz CT molecular complexity index is 1090. The lowest BCUT2D eigenvalue weighted by Gasteiger charge is -2.28. The molecule has 1 aromatic heterocycles. The maximum Gasteiger partial charge on any atom is 0.295 e. The standard InChI is InChI=1S/C25H33N5O3/c1-19-24(25(32)30(28(19)2)22-6-4-3-5-7-22)27-21-10-8-20(9-11-21)16-26-17-23(31)18-29-12-14-33-15-13-29/h3-11,23,26-27,31H,12-18H2,1-2H3/t23-/m1/s1. The molecule has 8 nitrogen and oxygen atoms in total. The summed E-state index contributed by atoms with van der Waals surface area (Å²) in [5.74, 6) is 0. The van der Waals surface area contributed by atoms with Crippen LogP contribution in [0.25, 0.3) is 5.69 Å². The molecule has 0 amide bonds. The van der Waals surface area contributed by atoms with Crippen molar-refractivity contribution in [2.24, 2.45) is 7.05 Å². The molecule has 33 heavy (non-hydrogen) atoms. The third kappa shape index (κ3) is 5.72. The summed E-state index contributed by atoms with van der Waals surface area (Å²) in [5.41, 5.74) is 4.16. The molecular weight excluding hydrogens is 418 g/mol. The highest BCUT2D eigenvalue weighted by atomic mass is 16.5. The van der Waals surface area contributed by atoms with Crippen LogP contribution in [0.2, 0.25) is 0 Å². The number of aliphatic hydroxyl groups excluding tert-OH is 1. The molecule has 0 unspecified atom stereocenters. The van der Waals surface area contributed by atoms with Crippen LogP contribution in [0.1, 0.15) is 11.3 Å². The fourth-order valence-corrected chi connectivity index (χ4v) is 4.09. The van der Waals surface area contributed by atoms with Crippen LogP contribution in [0.4, 0.5) is 11.4 Å². The predicted molar refractivity (Wildman–Crippen MR) is 130 cm³/mol. The van der Waals surface area contributed by atoms with E-state index in [4.69, 9.17) is 4.74 Å². The molecule has 1 aliphatic rings. The van der Waals surface area contributed by atoms with Crippen molar-refractivity contribution in [1.82, 2.24) is 19.6 Å². The summed E-state index contributed by atoms with van der Waals surface area (Å²) in [6.45, 7) is 7.04. The van der Waals surface area contributed by atoms with Gasteiger partial charge in [0.25, 0.3) is 5.56 Å². The van der Waals surface area contributed by atoms with E-state index < -0.39 is 6.10 Å². The van der Waals surface area contributed by atoms with E-state index in [0.717, 1.165) is 48.9 Å². The lowest BCUT2D eigenvalue weighted by molar-refractivity contribution is 0.0149. The van der Waals surface area contributed by atoms with Crippen molar-refractivity contribution < 1.29 is 9.84 Å². The molecule has 0 saturated carbocycles. The highest BCUT2D eigenvalue weighted by Crippen LogP contribution is 2.19. The Labute approximate surface area is 194 Å². The van der Waals surface area contributed by atoms with E-state index in [1.54, 1.807) is 4.68 Å². The SMILES string of the molecule is Cc1c(Nc2ccc(CNC[C@@H](O)CN3CCOCC3)cc2)c(=O)n(-c2ccccc2)n1C. The normalized spacial score (nSPS) is 15.5. The number of anilines is 2. The van der Waals surface area contributed by atoms with E-state index in [0.29, 0.717) is 25.3 Å². The average molecular weight is 452 g/mol. The molecule has 3 aromatic rings. The highest BCUT2D eigenvalue weighted by molar-refractivity contribution is 5.62. The van der Waals surface area contributed by atoms with Crippen LogP contribution in [0.3, 0.4) is 0 Å². The number of rotatable bonds is 9. The van der Waals surface area contributed by atoms with Gasteiger partial charge in [-0.05, 0) is 36.8 Å². The van der Waals surface area contributed by atoms with Crippen molar-refractivity contribution in [3.05, 3.63) is 76.2 Å². The molecule has 4 rings (SSSR count). The van der Waals surface area contributed by atoms with Crippen LogP contribution in [0.5, 0.6) is 0 Å². The van der Waals surface area contributed by atoms with Crippen LogP contribution in [-0.4, -0.2) is 64.9 Å². The van der Waals surface area contributed by atoms with Crippen LogP contribution in [0, 0.1) is 6.92 Å². The predicted octanol–water partition coefficient (Wildman–Crippen LogP) is 2.01. The number of hydrogen-bond donors (Lipinski definition) is 3. The van der Waals surface area contributed by atoms with E-state index in [1.165, 1.54) is 0 Å². The molecule has 1 fully saturated rings. The molecule has 8 heteroatoms. The monoisotopic (exact) mass is 451 g/mol. The van der Waals surface area contributed by atoms with Gasteiger partial charge in [0.15, 0.2) is 0 Å². The summed E-state index contributed by atoms with van der Waals surface area (Å²) in [6.07, 6.45) is -0.406. The number of morpholine rings is 1. The number of β-amino-alcohol motifs (C(OH)–C–C–N with tert-alkyl or cyclic N) is 1. The maximum atomic E-state index is 13.1. The zero-order valence-electron chi connectivity index (χ0n) is 19.3. The average Bonchev–Trinajstić information content (AvgIpc) is 3.04. The van der Waals surface area contributed by atoms with Crippen LogP contribution in [0.15, 0.2) is 59.4 Å². The van der Waals surface area contributed by atoms with Crippen molar-refractivity contribution in [3.63, 3.8) is 0 Å². The quantitative estimate of drug-likeness (QED) is 0.462. The van der Waals surface area contributed by atoms with Crippen LogP contribution < -0.4 is 16.2 Å². The zero-order valence-corrected chi connectivity index (χ0v) is 19.3. The molecule has 2 aromatic carbocycles. The summed E-state index contributed by atoms with van der Waals surface area (Å²) in [5, 5.41) is 16.9. The summed E-state index contributed by atoms with van der Waals surface area (Å²) in [7, 11) is 1.89. The molecule has 1 saturated heterocycles. The first-order chi connectivity index (χ1) is 16.0. The molecule has 0 aliphatic carbocycles. The summed E-state index contributed by atoms with van der Waals surface area (Å²) in [4.78, 5) is 15.3. The molecule has 176 valence electrons. The summed E-state index contributed by atoms with van der Waals surface area (Å²) >= 11 is 0. The van der Waals surface area contributed by atoms with E-state index >= 15 is 0 Å².